The van der Waals surface area contributed by atoms with Crippen molar-refractivity contribution in [2.75, 3.05) is 19.1 Å². The van der Waals surface area contributed by atoms with Gasteiger partial charge in [0.25, 0.3) is 5.56 Å². The van der Waals surface area contributed by atoms with Gasteiger partial charge >= 0.3 is 0 Å². The average Bonchev–Trinajstić information content (AvgIpc) is 2.83. The smallest absolute Gasteiger partial charge is 0.292 e. The van der Waals surface area contributed by atoms with Crippen molar-refractivity contribution in [3.8, 4) is 17.2 Å². The normalized spacial score (nSPS) is 11.1. The van der Waals surface area contributed by atoms with Crippen molar-refractivity contribution >= 4 is 34.3 Å². The predicted molar refractivity (Wildman–Crippen MR) is 128 cm³/mol. The van der Waals surface area contributed by atoms with E-state index in [1.807, 2.05) is 43.3 Å². The molecular formula is C24H21ClN4O3. The minimum atomic E-state index is -0.461. The lowest BCUT2D eigenvalue weighted by Gasteiger charge is -2.11. The number of methoxy groups -OCH3 is 1. The van der Waals surface area contributed by atoms with Crippen LogP contribution in [0.1, 0.15) is 12.5 Å². The molecule has 162 valence electrons. The first kappa shape index (κ1) is 21.4. The SMILES string of the molecule is CCOc1ccc2ccccc2c1/C=N\Nc1cnn(-c2ccc(OC)cc2)c(=O)c1Cl. The van der Waals surface area contributed by atoms with Crippen LogP contribution in [-0.4, -0.2) is 29.7 Å². The number of fused-ring (bicyclic) bond motifs is 1. The first-order valence-electron chi connectivity index (χ1n) is 9.98. The van der Waals surface area contributed by atoms with Crippen molar-refractivity contribution in [1.82, 2.24) is 9.78 Å². The number of anilines is 1. The Labute approximate surface area is 189 Å². The number of nitrogens with one attached hydrogen (secondary N) is 1. The van der Waals surface area contributed by atoms with Gasteiger partial charge in [0.2, 0.25) is 0 Å². The fourth-order valence-corrected chi connectivity index (χ4v) is 3.45. The molecule has 1 heterocycles. The molecule has 3 aromatic carbocycles. The van der Waals surface area contributed by atoms with E-state index < -0.39 is 5.56 Å². The van der Waals surface area contributed by atoms with E-state index in [-0.39, 0.29) is 5.02 Å². The Balaban J connectivity index is 1.62. The third kappa shape index (κ3) is 4.29. The maximum Gasteiger partial charge on any atom is 0.292 e. The summed E-state index contributed by atoms with van der Waals surface area (Å²) in [5.41, 5.74) is 4.06. The van der Waals surface area contributed by atoms with Gasteiger partial charge < -0.3 is 9.47 Å². The molecular weight excluding hydrogens is 428 g/mol. The van der Waals surface area contributed by atoms with E-state index in [1.54, 1.807) is 37.6 Å². The minimum absolute atomic E-state index is 0.0177. The lowest BCUT2D eigenvalue weighted by atomic mass is 10.0. The largest absolute Gasteiger partial charge is 0.497 e. The van der Waals surface area contributed by atoms with Crippen molar-refractivity contribution in [2.45, 2.75) is 6.92 Å². The summed E-state index contributed by atoms with van der Waals surface area (Å²) in [5.74, 6) is 1.40. The summed E-state index contributed by atoms with van der Waals surface area (Å²) in [6.45, 7) is 2.46. The third-order valence-corrected chi connectivity index (χ3v) is 5.21. The zero-order chi connectivity index (χ0) is 22.5. The van der Waals surface area contributed by atoms with Gasteiger partial charge in [-0.05, 0) is 48.0 Å². The molecule has 1 N–H and O–H groups in total. The third-order valence-electron chi connectivity index (χ3n) is 4.85. The van der Waals surface area contributed by atoms with E-state index in [9.17, 15) is 4.79 Å². The monoisotopic (exact) mass is 448 g/mol. The lowest BCUT2D eigenvalue weighted by molar-refractivity contribution is 0.340. The quantitative estimate of drug-likeness (QED) is 0.321. The molecule has 0 unspecified atom stereocenters. The molecule has 0 bridgehead atoms. The van der Waals surface area contributed by atoms with Crippen LogP contribution in [0.3, 0.4) is 0 Å². The number of halogens is 1. The standard InChI is InChI=1S/C24H21ClN4O3/c1-3-32-22-13-8-16-6-4-5-7-19(16)20(22)14-26-28-21-15-27-29(24(30)23(21)25)17-9-11-18(31-2)12-10-17/h4-15,28H,3H2,1-2H3/b26-14-. The van der Waals surface area contributed by atoms with Crippen LogP contribution < -0.4 is 20.5 Å². The maximum atomic E-state index is 12.7. The number of nitrogens with zero attached hydrogens (tertiary/aromatic N) is 3. The highest BCUT2D eigenvalue weighted by Crippen LogP contribution is 2.27. The van der Waals surface area contributed by atoms with Crippen LogP contribution in [-0.2, 0) is 0 Å². The molecule has 32 heavy (non-hydrogen) atoms. The molecule has 0 aliphatic rings. The number of benzene rings is 3. The highest BCUT2D eigenvalue weighted by Gasteiger charge is 2.11. The number of hydrazone groups is 1. The van der Waals surface area contributed by atoms with Crippen LogP contribution in [0.15, 0.2) is 76.8 Å². The fourth-order valence-electron chi connectivity index (χ4n) is 3.27. The van der Waals surface area contributed by atoms with Gasteiger partial charge in [0, 0.05) is 5.56 Å². The van der Waals surface area contributed by atoms with Gasteiger partial charge in [-0.1, -0.05) is 41.9 Å². The van der Waals surface area contributed by atoms with Crippen LogP contribution in [0.2, 0.25) is 5.02 Å². The summed E-state index contributed by atoms with van der Waals surface area (Å²) in [4.78, 5) is 12.7. The first-order chi connectivity index (χ1) is 15.6. The van der Waals surface area contributed by atoms with Crippen molar-refractivity contribution in [3.05, 3.63) is 87.8 Å². The van der Waals surface area contributed by atoms with Crippen LogP contribution in [0.5, 0.6) is 11.5 Å². The molecule has 0 saturated carbocycles. The van der Waals surface area contributed by atoms with E-state index in [4.69, 9.17) is 21.1 Å². The molecule has 0 aliphatic heterocycles. The van der Waals surface area contributed by atoms with E-state index in [1.165, 1.54) is 10.9 Å². The van der Waals surface area contributed by atoms with Crippen molar-refractivity contribution in [1.29, 1.82) is 0 Å². The van der Waals surface area contributed by atoms with E-state index >= 15 is 0 Å². The summed E-state index contributed by atoms with van der Waals surface area (Å²) in [6, 6.07) is 18.8. The molecule has 0 saturated heterocycles. The predicted octanol–water partition coefficient (Wildman–Crippen LogP) is 4.89. The Kier molecular flexibility index (Phi) is 6.37. The summed E-state index contributed by atoms with van der Waals surface area (Å²) in [6.07, 6.45) is 3.11. The number of rotatable bonds is 7. The number of ether oxygens (including phenoxy) is 2. The molecule has 0 amide bonds. The summed E-state index contributed by atoms with van der Waals surface area (Å²) in [5, 5.41) is 10.5. The zero-order valence-corrected chi connectivity index (χ0v) is 18.3. The fraction of sp³-hybridized carbons (Fsp3) is 0.125. The van der Waals surface area contributed by atoms with Crippen molar-refractivity contribution in [2.24, 2.45) is 5.10 Å². The highest BCUT2D eigenvalue weighted by molar-refractivity contribution is 6.33. The Morgan fingerprint density at radius 2 is 1.91 bits per heavy atom. The maximum absolute atomic E-state index is 12.7. The van der Waals surface area contributed by atoms with Crippen molar-refractivity contribution < 1.29 is 9.47 Å². The number of hydrogen-bond donors (Lipinski definition) is 1. The Bertz CT molecular complexity index is 1330. The molecule has 0 atom stereocenters. The molecule has 1 aromatic heterocycles. The second-order valence-corrected chi connectivity index (χ2v) is 7.17. The van der Waals surface area contributed by atoms with Gasteiger partial charge in [-0.25, -0.2) is 0 Å². The second kappa shape index (κ2) is 9.53. The zero-order valence-electron chi connectivity index (χ0n) is 17.6. The molecule has 7 nitrogen and oxygen atoms in total. The molecule has 0 spiro atoms. The van der Waals surface area contributed by atoms with E-state index in [2.05, 4.69) is 15.6 Å². The van der Waals surface area contributed by atoms with E-state index in [0.29, 0.717) is 23.7 Å². The van der Waals surface area contributed by atoms with Crippen LogP contribution in [0.4, 0.5) is 5.69 Å². The van der Waals surface area contributed by atoms with Gasteiger partial charge in [0.05, 0.1) is 31.8 Å². The second-order valence-electron chi connectivity index (χ2n) is 6.79. The number of hydrogen-bond acceptors (Lipinski definition) is 6. The van der Waals surface area contributed by atoms with E-state index in [0.717, 1.165) is 22.1 Å². The van der Waals surface area contributed by atoms with Gasteiger partial charge in [-0.2, -0.15) is 14.9 Å². The topological polar surface area (TPSA) is 77.7 Å². The first-order valence-corrected chi connectivity index (χ1v) is 10.4. The lowest BCUT2D eigenvalue weighted by Crippen LogP contribution is -2.22. The van der Waals surface area contributed by atoms with Crippen molar-refractivity contribution in [3.63, 3.8) is 0 Å². The molecule has 0 radical (unpaired) electrons. The summed E-state index contributed by atoms with van der Waals surface area (Å²) in [7, 11) is 1.58. The Morgan fingerprint density at radius 1 is 1.12 bits per heavy atom. The summed E-state index contributed by atoms with van der Waals surface area (Å²) >= 11 is 6.31. The molecule has 4 rings (SSSR count). The Hall–Kier alpha value is -3.84. The summed E-state index contributed by atoms with van der Waals surface area (Å²) < 4.78 is 12.1. The highest BCUT2D eigenvalue weighted by atomic mass is 35.5. The van der Waals surface area contributed by atoms with Gasteiger partial charge in [0.15, 0.2) is 0 Å². The van der Waals surface area contributed by atoms with Gasteiger partial charge in [-0.3, -0.25) is 10.2 Å². The Morgan fingerprint density at radius 3 is 2.66 bits per heavy atom. The average molecular weight is 449 g/mol. The molecule has 0 fully saturated rings. The minimum Gasteiger partial charge on any atom is -0.497 e. The number of aromatic nitrogens is 2. The molecule has 8 heteroatoms. The van der Waals surface area contributed by atoms with Gasteiger partial charge in [-0.15, -0.1) is 0 Å². The van der Waals surface area contributed by atoms with Crippen LogP contribution in [0.25, 0.3) is 16.5 Å². The van der Waals surface area contributed by atoms with Crippen LogP contribution >= 0.6 is 11.6 Å². The molecule has 4 aromatic rings. The molecule has 0 aliphatic carbocycles. The van der Waals surface area contributed by atoms with Crippen LogP contribution in [0, 0.1) is 0 Å². The van der Waals surface area contributed by atoms with Gasteiger partial charge in [0.1, 0.15) is 22.2 Å².